The van der Waals surface area contributed by atoms with E-state index in [9.17, 15) is 4.79 Å². The molecule has 35 heavy (non-hydrogen) atoms. The highest BCUT2D eigenvalue weighted by atomic mass is 32.1. The fourth-order valence-corrected chi connectivity index (χ4v) is 4.67. The van der Waals surface area contributed by atoms with Crippen LogP contribution in [0.25, 0.3) is 0 Å². The lowest BCUT2D eigenvalue weighted by Crippen LogP contribution is -2.42. The third-order valence-electron chi connectivity index (χ3n) is 5.85. The average Bonchev–Trinajstić information content (AvgIpc) is 3.39. The monoisotopic (exact) mass is 498 g/mol. The minimum absolute atomic E-state index is 0.0617. The Balaban J connectivity index is 1.70. The van der Waals surface area contributed by atoms with Gasteiger partial charge < -0.3 is 24.3 Å². The van der Waals surface area contributed by atoms with Crippen molar-refractivity contribution in [3.05, 3.63) is 69.9 Å². The van der Waals surface area contributed by atoms with E-state index in [1.165, 1.54) is 4.88 Å². The Morgan fingerprint density at radius 1 is 0.943 bits per heavy atom. The number of rotatable bonds is 13. The molecule has 0 radical (unpaired) electrons. The third kappa shape index (κ3) is 7.37. The predicted molar refractivity (Wildman–Crippen MR) is 139 cm³/mol. The second-order valence-electron chi connectivity index (χ2n) is 8.18. The van der Waals surface area contributed by atoms with Crippen LogP contribution in [0.3, 0.4) is 0 Å². The van der Waals surface area contributed by atoms with Crippen molar-refractivity contribution in [2.75, 3.05) is 35.0 Å². The molecule has 1 atom stereocenters. The molecule has 0 saturated carbocycles. The summed E-state index contributed by atoms with van der Waals surface area (Å²) in [7, 11) is 6.41. The number of ether oxygens (including phenoxy) is 4. The average molecular weight is 499 g/mol. The maximum atomic E-state index is 13.0. The Hall–Kier alpha value is -3.23. The summed E-state index contributed by atoms with van der Waals surface area (Å²) < 4.78 is 21.5. The number of thiophene rings is 1. The number of nitrogens with zero attached hydrogens (tertiary/aromatic N) is 1. The van der Waals surface area contributed by atoms with Crippen LogP contribution in [0.2, 0.25) is 0 Å². The number of benzene rings is 2. The van der Waals surface area contributed by atoms with Gasteiger partial charge in [0, 0.05) is 35.6 Å². The zero-order valence-corrected chi connectivity index (χ0v) is 21.8. The maximum Gasteiger partial charge on any atom is 0.234 e. The fraction of sp³-hybridized carbons (Fsp3) is 0.370. The van der Waals surface area contributed by atoms with Crippen LogP contribution in [0, 0.1) is 0 Å². The van der Waals surface area contributed by atoms with Gasteiger partial charge in [0.15, 0.2) is 11.5 Å². The summed E-state index contributed by atoms with van der Waals surface area (Å²) in [4.78, 5) is 16.5. The van der Waals surface area contributed by atoms with E-state index in [1.54, 1.807) is 45.8 Å². The van der Waals surface area contributed by atoms with Crippen molar-refractivity contribution in [1.29, 1.82) is 0 Å². The molecule has 0 saturated heterocycles. The molecule has 3 aromatic rings. The quantitative estimate of drug-likeness (QED) is 0.373. The molecule has 0 aliphatic rings. The van der Waals surface area contributed by atoms with Crippen LogP contribution in [0.5, 0.6) is 23.0 Å². The molecule has 1 aromatic heterocycles. The highest BCUT2D eigenvalue weighted by Crippen LogP contribution is 2.34. The molecule has 0 spiro atoms. The summed E-state index contributed by atoms with van der Waals surface area (Å²) in [5.41, 5.74) is 1.94. The van der Waals surface area contributed by atoms with Crippen molar-refractivity contribution < 1.29 is 23.7 Å². The molecule has 0 aliphatic carbocycles. The van der Waals surface area contributed by atoms with E-state index >= 15 is 0 Å². The van der Waals surface area contributed by atoms with Crippen molar-refractivity contribution in [2.45, 2.75) is 32.5 Å². The van der Waals surface area contributed by atoms with Crippen LogP contribution in [0.4, 0.5) is 0 Å². The molecule has 0 fully saturated rings. The first kappa shape index (κ1) is 26.4. The smallest absolute Gasteiger partial charge is 0.234 e. The molecule has 0 bridgehead atoms. The maximum absolute atomic E-state index is 13.0. The van der Waals surface area contributed by atoms with Gasteiger partial charge in [-0.2, -0.15) is 0 Å². The van der Waals surface area contributed by atoms with E-state index in [4.69, 9.17) is 18.9 Å². The highest BCUT2D eigenvalue weighted by Gasteiger charge is 2.20. The zero-order valence-electron chi connectivity index (χ0n) is 21.0. The Bertz CT molecular complexity index is 1070. The molecular weight excluding hydrogens is 464 g/mol. The topological polar surface area (TPSA) is 69.3 Å². The van der Waals surface area contributed by atoms with E-state index < -0.39 is 0 Å². The minimum Gasteiger partial charge on any atom is -0.497 e. The van der Waals surface area contributed by atoms with Crippen LogP contribution in [-0.2, 0) is 24.3 Å². The molecule has 2 aromatic carbocycles. The van der Waals surface area contributed by atoms with Crippen LogP contribution < -0.4 is 24.3 Å². The lowest BCUT2D eigenvalue weighted by atomic mass is 10.1. The molecule has 8 heteroatoms. The van der Waals surface area contributed by atoms with Gasteiger partial charge in [0.2, 0.25) is 5.91 Å². The molecule has 7 nitrogen and oxygen atoms in total. The Morgan fingerprint density at radius 3 is 2.23 bits per heavy atom. The summed E-state index contributed by atoms with van der Waals surface area (Å²) in [5.74, 6) is 2.54. The van der Waals surface area contributed by atoms with Crippen molar-refractivity contribution in [3.63, 3.8) is 0 Å². The van der Waals surface area contributed by atoms with Gasteiger partial charge in [-0.15, -0.1) is 11.3 Å². The highest BCUT2D eigenvalue weighted by molar-refractivity contribution is 7.09. The fourth-order valence-electron chi connectivity index (χ4n) is 3.85. The Kier molecular flexibility index (Phi) is 9.81. The number of methoxy groups -OCH3 is 4. The summed E-state index contributed by atoms with van der Waals surface area (Å²) >= 11 is 1.74. The number of carbonyl (C=O) groups excluding carboxylic acids is 1. The summed E-state index contributed by atoms with van der Waals surface area (Å²) in [6.07, 6.45) is 0.880. The third-order valence-corrected chi connectivity index (χ3v) is 6.75. The summed E-state index contributed by atoms with van der Waals surface area (Å²) in [5, 5.41) is 5.12. The second-order valence-corrected chi connectivity index (χ2v) is 9.21. The first-order chi connectivity index (χ1) is 17.0. The van der Waals surface area contributed by atoms with Gasteiger partial charge in [-0.25, -0.2) is 0 Å². The zero-order chi connectivity index (χ0) is 25.2. The molecule has 0 aliphatic heterocycles. The summed E-state index contributed by atoms with van der Waals surface area (Å²) in [6.45, 7) is 3.41. The Morgan fingerprint density at radius 2 is 1.63 bits per heavy atom. The lowest BCUT2D eigenvalue weighted by molar-refractivity contribution is -0.123. The van der Waals surface area contributed by atoms with E-state index in [-0.39, 0.29) is 18.5 Å². The summed E-state index contributed by atoms with van der Waals surface area (Å²) in [6, 6.07) is 15.9. The van der Waals surface area contributed by atoms with Crippen LogP contribution in [-0.4, -0.2) is 51.8 Å². The number of hydrogen-bond donors (Lipinski definition) is 1. The van der Waals surface area contributed by atoms with Gasteiger partial charge in [-0.1, -0.05) is 18.2 Å². The lowest BCUT2D eigenvalue weighted by Gasteiger charge is -2.28. The standard InChI is InChI=1S/C27H34N2O5S/c1-19(13-23-7-6-12-35-23)29(17-20-8-10-22(31-2)11-9-20)18-27(30)28-16-21-14-25(33-4)26(34-5)15-24(21)32-3/h6-12,14-15,19H,13,16-18H2,1-5H3,(H,28,30). The number of hydrogen-bond acceptors (Lipinski definition) is 7. The van der Waals surface area contributed by atoms with Gasteiger partial charge in [0.05, 0.1) is 35.0 Å². The minimum atomic E-state index is -0.0617. The van der Waals surface area contributed by atoms with Gasteiger partial charge >= 0.3 is 0 Å². The number of nitrogens with one attached hydrogen (secondary N) is 1. The van der Waals surface area contributed by atoms with Crippen molar-refractivity contribution in [1.82, 2.24) is 10.2 Å². The van der Waals surface area contributed by atoms with E-state index in [2.05, 4.69) is 34.7 Å². The van der Waals surface area contributed by atoms with E-state index in [0.29, 0.717) is 30.3 Å². The number of carbonyl (C=O) groups is 1. The van der Waals surface area contributed by atoms with Crippen LogP contribution >= 0.6 is 11.3 Å². The molecule has 188 valence electrons. The van der Waals surface area contributed by atoms with Gasteiger partial charge in [0.25, 0.3) is 0 Å². The molecule has 1 amide bonds. The number of amides is 1. The first-order valence-electron chi connectivity index (χ1n) is 11.4. The largest absolute Gasteiger partial charge is 0.497 e. The van der Waals surface area contributed by atoms with Crippen LogP contribution in [0.1, 0.15) is 22.9 Å². The molecule has 3 rings (SSSR count). The van der Waals surface area contributed by atoms with Crippen molar-refractivity contribution in [3.8, 4) is 23.0 Å². The molecule has 1 heterocycles. The van der Waals surface area contributed by atoms with E-state index in [0.717, 1.165) is 23.3 Å². The second kappa shape index (κ2) is 13.0. The van der Waals surface area contributed by atoms with Crippen molar-refractivity contribution >= 4 is 17.2 Å². The van der Waals surface area contributed by atoms with Gasteiger partial charge in [-0.3, -0.25) is 9.69 Å². The van der Waals surface area contributed by atoms with Crippen LogP contribution in [0.15, 0.2) is 53.9 Å². The van der Waals surface area contributed by atoms with Crippen molar-refractivity contribution in [2.24, 2.45) is 0 Å². The predicted octanol–water partition coefficient (Wildman–Crippen LogP) is 4.53. The molecular formula is C27H34N2O5S. The Labute approximate surface area is 211 Å². The van der Waals surface area contributed by atoms with Gasteiger partial charge in [0.1, 0.15) is 11.5 Å². The normalized spacial score (nSPS) is 11.7. The first-order valence-corrected chi connectivity index (χ1v) is 12.3. The molecule has 1 unspecified atom stereocenters. The molecule has 1 N–H and O–H groups in total. The van der Waals surface area contributed by atoms with E-state index in [1.807, 2.05) is 30.3 Å². The SMILES string of the molecule is COc1ccc(CN(CC(=O)NCc2cc(OC)c(OC)cc2OC)C(C)Cc2cccs2)cc1. The van der Waals surface area contributed by atoms with Gasteiger partial charge in [-0.05, 0) is 48.6 Å².